The van der Waals surface area contributed by atoms with Gasteiger partial charge in [-0.15, -0.1) is 0 Å². The van der Waals surface area contributed by atoms with E-state index in [2.05, 4.69) is 228 Å². The highest BCUT2D eigenvalue weighted by atomic mass is 16.3. The molecule has 9 aromatic carbocycles. The van der Waals surface area contributed by atoms with Crippen LogP contribution >= 0.6 is 0 Å². The second-order valence-corrected chi connectivity index (χ2v) is 15.7. The molecular weight excluding hydrogens is 741 g/mol. The number of rotatable bonds is 7. The van der Waals surface area contributed by atoms with Crippen LogP contribution in [0, 0.1) is 0 Å². The summed E-state index contributed by atoms with van der Waals surface area (Å²) in [6.45, 7) is 0. The number of pyridine rings is 1. The van der Waals surface area contributed by atoms with Gasteiger partial charge in [0.15, 0.2) is 0 Å². The quantitative estimate of drug-likeness (QED) is 0.161. The van der Waals surface area contributed by atoms with Crippen molar-refractivity contribution in [1.29, 1.82) is 0 Å². The summed E-state index contributed by atoms with van der Waals surface area (Å²) >= 11 is 0. The third-order valence-electron chi connectivity index (χ3n) is 12.2. The standard InChI is InChI=1S/C58H38N2O/c1-3-15-39(16-4-1)43-20-13-22-46(35-43)60(48-33-34-51-50-25-10-12-28-54(50)61-55(51)37-48)47-23-14-21-44(36-47)40-29-31-42(32-30-40)56-49-24-8-7-19-45(49)38-59-53-27-11-9-26-52(53)57(58(56)59)41-17-5-2-6-18-41/h1-38H. The largest absolute Gasteiger partial charge is 0.456 e. The van der Waals surface area contributed by atoms with E-state index in [1.807, 2.05) is 12.1 Å². The zero-order valence-corrected chi connectivity index (χ0v) is 33.2. The smallest absolute Gasteiger partial charge is 0.137 e. The minimum atomic E-state index is 0.864. The van der Waals surface area contributed by atoms with Gasteiger partial charge in [0.1, 0.15) is 11.2 Å². The molecule has 3 heteroatoms. The van der Waals surface area contributed by atoms with E-state index >= 15 is 0 Å². The summed E-state index contributed by atoms with van der Waals surface area (Å²) in [6.07, 6.45) is 2.30. The number of benzene rings is 9. The Morgan fingerprint density at radius 3 is 1.57 bits per heavy atom. The van der Waals surface area contributed by atoms with Gasteiger partial charge < -0.3 is 13.7 Å². The first-order valence-corrected chi connectivity index (χ1v) is 20.8. The average Bonchev–Trinajstić information content (AvgIpc) is 3.87. The molecule has 3 nitrogen and oxygen atoms in total. The Bertz CT molecular complexity index is 3580. The molecule has 0 amide bonds. The molecule has 0 bridgehead atoms. The summed E-state index contributed by atoms with van der Waals surface area (Å²) in [5, 5.41) is 5.92. The summed E-state index contributed by atoms with van der Waals surface area (Å²) in [5.41, 5.74) is 16.8. The van der Waals surface area contributed by atoms with Gasteiger partial charge in [-0.1, -0.05) is 170 Å². The molecule has 0 saturated carbocycles. The Balaban J connectivity index is 1.00. The van der Waals surface area contributed by atoms with Crippen molar-refractivity contribution < 1.29 is 4.42 Å². The fourth-order valence-corrected chi connectivity index (χ4v) is 9.35. The summed E-state index contributed by atoms with van der Waals surface area (Å²) in [7, 11) is 0. The highest BCUT2D eigenvalue weighted by Crippen LogP contribution is 2.45. The molecule has 0 aliphatic carbocycles. The van der Waals surface area contributed by atoms with Crippen LogP contribution in [-0.4, -0.2) is 4.40 Å². The Morgan fingerprint density at radius 1 is 0.328 bits per heavy atom. The maximum atomic E-state index is 6.42. The average molecular weight is 779 g/mol. The van der Waals surface area contributed by atoms with Crippen LogP contribution in [0.3, 0.4) is 0 Å². The van der Waals surface area contributed by atoms with Crippen molar-refractivity contribution in [2.75, 3.05) is 4.90 Å². The number of hydrogen-bond donors (Lipinski definition) is 0. The molecule has 0 aliphatic heterocycles. The lowest BCUT2D eigenvalue weighted by atomic mass is 9.93. The van der Waals surface area contributed by atoms with Crippen molar-refractivity contribution in [3.8, 4) is 44.5 Å². The van der Waals surface area contributed by atoms with Gasteiger partial charge in [0, 0.05) is 56.6 Å². The van der Waals surface area contributed by atoms with Crippen molar-refractivity contribution >= 4 is 66.2 Å². The van der Waals surface area contributed by atoms with Gasteiger partial charge in [0.25, 0.3) is 0 Å². The summed E-state index contributed by atoms with van der Waals surface area (Å²) in [4.78, 5) is 2.34. The van der Waals surface area contributed by atoms with E-state index in [0.29, 0.717) is 0 Å². The van der Waals surface area contributed by atoms with Crippen LogP contribution in [0.2, 0.25) is 0 Å². The van der Waals surface area contributed by atoms with Gasteiger partial charge >= 0.3 is 0 Å². The van der Waals surface area contributed by atoms with Crippen molar-refractivity contribution in [1.82, 2.24) is 4.40 Å². The molecule has 12 rings (SSSR count). The molecule has 0 N–H and O–H groups in total. The van der Waals surface area contributed by atoms with Crippen molar-refractivity contribution in [3.63, 3.8) is 0 Å². The fourth-order valence-electron chi connectivity index (χ4n) is 9.35. The lowest BCUT2D eigenvalue weighted by molar-refractivity contribution is 0.669. The molecule has 0 radical (unpaired) electrons. The number of nitrogens with zero attached hydrogens (tertiary/aromatic N) is 2. The first-order chi connectivity index (χ1) is 30.2. The SMILES string of the molecule is c1ccc(-c2cccc(N(c3cccc(-c4ccc(-c5c6ccccc6cn6c5c(-c5ccccc5)c5ccccc56)cc4)c3)c3ccc4c(c3)oc3ccccc34)c2)cc1. The second-order valence-electron chi connectivity index (χ2n) is 15.7. The molecular formula is C58H38N2O. The van der Waals surface area contributed by atoms with Crippen LogP contribution in [-0.2, 0) is 0 Å². The number of hydrogen-bond acceptors (Lipinski definition) is 2. The highest BCUT2D eigenvalue weighted by molar-refractivity contribution is 6.16. The van der Waals surface area contributed by atoms with Crippen LogP contribution in [0.5, 0.6) is 0 Å². The van der Waals surface area contributed by atoms with Crippen LogP contribution < -0.4 is 4.90 Å². The molecule has 0 saturated heterocycles. The maximum Gasteiger partial charge on any atom is 0.137 e. The van der Waals surface area contributed by atoms with Gasteiger partial charge in [0.2, 0.25) is 0 Å². The number of furan rings is 1. The minimum absolute atomic E-state index is 0.864. The topological polar surface area (TPSA) is 20.8 Å². The lowest BCUT2D eigenvalue weighted by Crippen LogP contribution is -2.10. The Labute approximate surface area is 353 Å². The first kappa shape index (κ1) is 34.9. The molecule has 0 aliphatic rings. The zero-order valence-electron chi connectivity index (χ0n) is 33.2. The third-order valence-corrected chi connectivity index (χ3v) is 12.2. The second kappa shape index (κ2) is 14.3. The van der Waals surface area contributed by atoms with Crippen LogP contribution in [0.4, 0.5) is 17.1 Å². The molecule has 0 atom stereocenters. The zero-order chi connectivity index (χ0) is 40.3. The normalized spacial score (nSPS) is 11.6. The van der Waals surface area contributed by atoms with E-state index in [4.69, 9.17) is 4.42 Å². The van der Waals surface area contributed by atoms with E-state index in [0.717, 1.165) is 55.7 Å². The summed E-state index contributed by atoms with van der Waals surface area (Å²) < 4.78 is 8.82. The maximum absolute atomic E-state index is 6.42. The van der Waals surface area contributed by atoms with E-state index in [1.165, 1.54) is 55.0 Å². The lowest BCUT2D eigenvalue weighted by Gasteiger charge is -2.26. The van der Waals surface area contributed by atoms with Gasteiger partial charge in [-0.3, -0.25) is 0 Å². The van der Waals surface area contributed by atoms with Gasteiger partial charge in [-0.25, -0.2) is 0 Å². The molecule has 0 fully saturated rings. The van der Waals surface area contributed by atoms with Gasteiger partial charge in [-0.2, -0.15) is 0 Å². The molecule has 12 aromatic rings. The number of aromatic nitrogens is 1. The van der Waals surface area contributed by atoms with Crippen LogP contribution in [0.1, 0.15) is 0 Å². The Morgan fingerprint density at radius 2 is 0.836 bits per heavy atom. The van der Waals surface area contributed by atoms with Crippen molar-refractivity contribution in [2.24, 2.45) is 0 Å². The van der Waals surface area contributed by atoms with E-state index < -0.39 is 0 Å². The third kappa shape index (κ3) is 5.90. The molecule has 0 spiro atoms. The van der Waals surface area contributed by atoms with Crippen molar-refractivity contribution in [2.45, 2.75) is 0 Å². The van der Waals surface area contributed by atoms with Crippen LogP contribution in [0.25, 0.3) is 93.6 Å². The predicted molar refractivity (Wildman–Crippen MR) is 256 cm³/mol. The van der Waals surface area contributed by atoms with Crippen LogP contribution in [0.15, 0.2) is 235 Å². The van der Waals surface area contributed by atoms with E-state index in [1.54, 1.807) is 0 Å². The summed E-state index contributed by atoms with van der Waals surface area (Å²) in [6, 6.07) is 80.6. The fraction of sp³-hybridized carbons (Fsp3) is 0. The van der Waals surface area contributed by atoms with Gasteiger partial charge in [0.05, 0.1) is 11.0 Å². The van der Waals surface area contributed by atoms with E-state index in [-0.39, 0.29) is 0 Å². The number of fused-ring (bicyclic) bond motifs is 7. The molecule has 3 heterocycles. The number of para-hydroxylation sites is 2. The summed E-state index contributed by atoms with van der Waals surface area (Å²) in [5.74, 6) is 0. The molecule has 286 valence electrons. The molecule has 3 aromatic heterocycles. The Kier molecular flexibility index (Phi) is 8.17. The first-order valence-electron chi connectivity index (χ1n) is 20.8. The molecule has 0 unspecified atom stereocenters. The highest BCUT2D eigenvalue weighted by Gasteiger charge is 2.21. The number of anilines is 3. The Hall–Kier alpha value is -8.14. The van der Waals surface area contributed by atoms with Crippen molar-refractivity contribution in [3.05, 3.63) is 231 Å². The predicted octanol–water partition coefficient (Wildman–Crippen LogP) is 16.3. The minimum Gasteiger partial charge on any atom is -0.456 e. The monoisotopic (exact) mass is 778 g/mol. The van der Waals surface area contributed by atoms with E-state index in [9.17, 15) is 0 Å². The molecule has 61 heavy (non-hydrogen) atoms. The van der Waals surface area contributed by atoms with Gasteiger partial charge in [-0.05, 0) is 92.7 Å².